The maximum atomic E-state index is 11.9. The van der Waals surface area contributed by atoms with Crippen molar-refractivity contribution in [2.75, 3.05) is 0 Å². The Hall–Kier alpha value is -1.00. The summed E-state index contributed by atoms with van der Waals surface area (Å²) in [4.78, 5) is 14.7. The standard InChI is InChI=1S/C20H31Cl3N4O6/c1-7-13-9(3)8(2)10(4)17(31-13)32-15-11(5)29-18(33-19(24)20(21,22)23)14(26-27-25)16(15)30-12(6)28/h8-11,13-18,24H,7H2,1-6H3/t8-,9-,10?,11?,13?,14?,15+,16+,17-,18?/m0/s1. The van der Waals surface area contributed by atoms with E-state index in [2.05, 4.69) is 23.9 Å². The number of carbonyl (C=O) groups is 1. The number of azide groups is 1. The van der Waals surface area contributed by atoms with Crippen LogP contribution in [0.25, 0.3) is 10.4 Å². The van der Waals surface area contributed by atoms with Crippen LogP contribution in [0.3, 0.4) is 0 Å². The topological polar surface area (TPSA) is 136 Å². The Morgan fingerprint density at radius 2 is 1.70 bits per heavy atom. The van der Waals surface area contributed by atoms with Gasteiger partial charge in [0, 0.05) is 17.8 Å². The maximum absolute atomic E-state index is 11.9. The average molecular weight is 530 g/mol. The van der Waals surface area contributed by atoms with Gasteiger partial charge in [-0.15, -0.1) is 0 Å². The summed E-state index contributed by atoms with van der Waals surface area (Å²) < 4.78 is 27.1. The zero-order chi connectivity index (χ0) is 25.1. The molecule has 10 atom stereocenters. The minimum Gasteiger partial charge on any atom is -0.459 e. The molecule has 0 saturated carbocycles. The fourth-order valence-electron chi connectivity index (χ4n) is 4.23. The van der Waals surface area contributed by atoms with Crippen LogP contribution in [0.5, 0.6) is 0 Å². The lowest BCUT2D eigenvalue weighted by atomic mass is 9.78. The number of halogens is 3. The fourth-order valence-corrected chi connectivity index (χ4v) is 4.36. The number of carbonyl (C=O) groups excluding carboxylic acids is 1. The fraction of sp³-hybridized carbons (Fsp3) is 0.900. The van der Waals surface area contributed by atoms with Crippen LogP contribution in [0.1, 0.15) is 48.0 Å². The lowest BCUT2D eigenvalue weighted by molar-refractivity contribution is -0.315. The zero-order valence-electron chi connectivity index (χ0n) is 19.4. The minimum atomic E-state index is -2.16. The molecule has 0 bridgehead atoms. The van der Waals surface area contributed by atoms with Gasteiger partial charge in [-0.05, 0) is 30.7 Å². The summed E-state index contributed by atoms with van der Waals surface area (Å²) in [6.45, 7) is 11.3. The molecule has 2 aliphatic heterocycles. The van der Waals surface area contributed by atoms with Gasteiger partial charge in [0.1, 0.15) is 18.2 Å². The van der Waals surface area contributed by atoms with Crippen molar-refractivity contribution in [3.63, 3.8) is 0 Å². The quantitative estimate of drug-likeness (QED) is 0.0963. The molecule has 0 spiro atoms. The number of esters is 1. The Morgan fingerprint density at radius 1 is 1.06 bits per heavy atom. The predicted octanol–water partition coefficient (Wildman–Crippen LogP) is 5.13. The van der Waals surface area contributed by atoms with Gasteiger partial charge in [-0.3, -0.25) is 10.2 Å². The molecule has 5 unspecified atom stereocenters. The van der Waals surface area contributed by atoms with Crippen LogP contribution in [-0.2, 0) is 28.5 Å². The van der Waals surface area contributed by atoms with E-state index >= 15 is 0 Å². The number of hydrogen-bond acceptors (Lipinski definition) is 8. The van der Waals surface area contributed by atoms with E-state index in [0.717, 1.165) is 6.42 Å². The van der Waals surface area contributed by atoms with E-state index in [1.54, 1.807) is 6.92 Å². The summed E-state index contributed by atoms with van der Waals surface area (Å²) in [7, 11) is 0. The first-order valence-corrected chi connectivity index (χ1v) is 11.9. The van der Waals surface area contributed by atoms with Gasteiger partial charge in [-0.1, -0.05) is 67.6 Å². The molecule has 2 saturated heterocycles. The van der Waals surface area contributed by atoms with Gasteiger partial charge in [0.25, 0.3) is 3.79 Å². The summed E-state index contributed by atoms with van der Waals surface area (Å²) >= 11 is 17.1. The number of hydrogen-bond donors (Lipinski definition) is 1. The molecule has 2 fully saturated rings. The third-order valence-corrected chi connectivity index (χ3v) is 6.92. The molecule has 0 aromatic heterocycles. The number of ether oxygens (including phenoxy) is 5. The lowest BCUT2D eigenvalue weighted by Gasteiger charge is -2.48. The van der Waals surface area contributed by atoms with Crippen molar-refractivity contribution in [2.45, 2.75) is 94.8 Å². The highest BCUT2D eigenvalue weighted by Crippen LogP contribution is 2.39. The molecule has 0 amide bonds. The summed E-state index contributed by atoms with van der Waals surface area (Å²) in [5.74, 6) is -0.661. The van der Waals surface area contributed by atoms with Crippen molar-refractivity contribution in [2.24, 2.45) is 22.9 Å². The zero-order valence-corrected chi connectivity index (χ0v) is 21.7. The molecule has 1 N–H and O–H groups in total. The Balaban J connectivity index is 2.34. The van der Waals surface area contributed by atoms with E-state index in [1.165, 1.54) is 6.92 Å². The monoisotopic (exact) mass is 528 g/mol. The Bertz CT molecular complexity index is 761. The van der Waals surface area contributed by atoms with Gasteiger partial charge < -0.3 is 23.7 Å². The van der Waals surface area contributed by atoms with Gasteiger partial charge in [0.2, 0.25) is 12.2 Å². The van der Waals surface area contributed by atoms with E-state index in [9.17, 15) is 4.79 Å². The molecular weight excluding hydrogens is 499 g/mol. The lowest BCUT2D eigenvalue weighted by Crippen LogP contribution is -2.61. The molecule has 13 heteroatoms. The Morgan fingerprint density at radius 3 is 2.21 bits per heavy atom. The molecule has 0 aromatic rings. The second-order valence-corrected chi connectivity index (χ2v) is 10.8. The SMILES string of the molecule is CCC1O[C@@H](O[C@@H]2C(C)OC(OC(=N)C(Cl)(Cl)Cl)C(N=[N+]=[N-])[C@H]2OC(C)=O)C(C)[C@@H](C)[C@@H]1C. The van der Waals surface area contributed by atoms with Crippen LogP contribution in [0.4, 0.5) is 0 Å². The van der Waals surface area contributed by atoms with Gasteiger partial charge >= 0.3 is 5.97 Å². The maximum Gasteiger partial charge on any atom is 0.303 e. The van der Waals surface area contributed by atoms with Gasteiger partial charge in [0.05, 0.1) is 12.2 Å². The molecule has 0 radical (unpaired) electrons. The van der Waals surface area contributed by atoms with Crippen LogP contribution in [0, 0.1) is 23.2 Å². The van der Waals surface area contributed by atoms with Crippen LogP contribution in [0.2, 0.25) is 0 Å². The van der Waals surface area contributed by atoms with Crippen molar-refractivity contribution in [1.29, 1.82) is 5.41 Å². The van der Waals surface area contributed by atoms with Crippen LogP contribution >= 0.6 is 34.8 Å². The molecule has 0 aromatic carbocycles. The number of rotatable bonds is 6. The molecule has 2 heterocycles. The molecule has 10 nitrogen and oxygen atoms in total. The minimum absolute atomic E-state index is 0.00181. The van der Waals surface area contributed by atoms with E-state index in [1.807, 2.05) is 13.8 Å². The van der Waals surface area contributed by atoms with Crippen molar-refractivity contribution in [3.8, 4) is 0 Å². The van der Waals surface area contributed by atoms with E-state index in [4.69, 9.17) is 69.4 Å². The van der Waals surface area contributed by atoms with Crippen molar-refractivity contribution >= 4 is 46.7 Å². The second-order valence-electron chi connectivity index (χ2n) is 8.55. The molecule has 0 aliphatic carbocycles. The molecular formula is C20H31Cl3N4O6. The van der Waals surface area contributed by atoms with Gasteiger partial charge in [-0.25, -0.2) is 0 Å². The highest BCUT2D eigenvalue weighted by atomic mass is 35.6. The predicted molar refractivity (Wildman–Crippen MR) is 123 cm³/mol. The molecule has 188 valence electrons. The van der Waals surface area contributed by atoms with E-state index < -0.39 is 52.6 Å². The van der Waals surface area contributed by atoms with Crippen LogP contribution in [-0.4, -0.2) is 58.7 Å². The summed E-state index contributed by atoms with van der Waals surface area (Å²) in [6, 6.07) is -1.22. The summed E-state index contributed by atoms with van der Waals surface area (Å²) in [5.41, 5.74) is 9.14. The molecule has 2 rings (SSSR count). The van der Waals surface area contributed by atoms with Gasteiger partial charge in [-0.2, -0.15) is 0 Å². The third-order valence-electron chi connectivity index (χ3n) is 6.41. The summed E-state index contributed by atoms with van der Waals surface area (Å²) in [6.07, 6.45) is -3.79. The molecule has 33 heavy (non-hydrogen) atoms. The Labute approximate surface area is 208 Å². The molecule has 2 aliphatic rings. The summed E-state index contributed by atoms with van der Waals surface area (Å²) in [5, 5.41) is 11.5. The first-order chi connectivity index (χ1) is 15.3. The van der Waals surface area contributed by atoms with Crippen LogP contribution in [0.15, 0.2) is 5.11 Å². The first kappa shape index (κ1) is 28.2. The normalized spacial score (nSPS) is 39.3. The number of alkyl halides is 3. The van der Waals surface area contributed by atoms with Crippen molar-refractivity contribution < 1.29 is 28.5 Å². The van der Waals surface area contributed by atoms with Crippen molar-refractivity contribution in [3.05, 3.63) is 10.4 Å². The highest BCUT2D eigenvalue weighted by Gasteiger charge is 2.51. The van der Waals surface area contributed by atoms with Crippen molar-refractivity contribution in [1.82, 2.24) is 0 Å². The smallest absolute Gasteiger partial charge is 0.303 e. The van der Waals surface area contributed by atoms with E-state index in [0.29, 0.717) is 11.8 Å². The second kappa shape index (κ2) is 11.6. The third kappa shape index (κ3) is 6.78. The number of nitrogens with one attached hydrogen (secondary N) is 1. The van der Waals surface area contributed by atoms with E-state index in [-0.39, 0.29) is 12.0 Å². The highest BCUT2D eigenvalue weighted by molar-refractivity contribution is 6.76. The van der Waals surface area contributed by atoms with Crippen LogP contribution < -0.4 is 0 Å². The van der Waals surface area contributed by atoms with Gasteiger partial charge in [0.15, 0.2) is 6.29 Å². The average Bonchev–Trinajstić information content (AvgIpc) is 2.72. The largest absolute Gasteiger partial charge is 0.459 e. The number of nitrogens with zero attached hydrogens (tertiary/aromatic N) is 3. The first-order valence-electron chi connectivity index (χ1n) is 10.8. The Kier molecular flexibility index (Phi) is 9.94.